The van der Waals surface area contributed by atoms with Gasteiger partial charge in [0.2, 0.25) is 0 Å². The van der Waals surface area contributed by atoms with Crippen molar-refractivity contribution < 1.29 is 13.5 Å². The number of H-pyrrole nitrogens is 1. The molecule has 0 aliphatic rings. The number of aromatic nitrogens is 2. The summed E-state index contributed by atoms with van der Waals surface area (Å²) in [6.45, 7) is 1.13. The number of guanidine groups is 1. The van der Waals surface area contributed by atoms with Crippen LogP contribution in [0.5, 0.6) is 5.75 Å². The van der Waals surface area contributed by atoms with Crippen molar-refractivity contribution >= 4 is 5.96 Å². The molecule has 0 saturated carbocycles. The van der Waals surface area contributed by atoms with Crippen LogP contribution in [0, 0.1) is 11.6 Å². The fraction of sp³-hybridized carbons (Fsp3) is 0.238. The van der Waals surface area contributed by atoms with E-state index in [1.54, 1.807) is 13.2 Å². The average Bonchev–Trinajstić information content (AvgIpc) is 3.18. The van der Waals surface area contributed by atoms with Crippen molar-refractivity contribution in [3.8, 4) is 17.0 Å². The van der Waals surface area contributed by atoms with E-state index < -0.39 is 11.6 Å². The molecule has 3 aromatic rings. The zero-order valence-corrected chi connectivity index (χ0v) is 16.3. The molecule has 0 bridgehead atoms. The predicted octanol–water partition coefficient (Wildman–Crippen LogP) is 3.44. The lowest BCUT2D eigenvalue weighted by Gasteiger charge is -2.21. The Hall–Kier alpha value is -3.42. The van der Waals surface area contributed by atoms with Crippen LogP contribution >= 0.6 is 0 Å². The lowest BCUT2D eigenvalue weighted by molar-refractivity contribution is 0.302. The largest absolute Gasteiger partial charge is 0.489 e. The van der Waals surface area contributed by atoms with Gasteiger partial charge in [0.15, 0.2) is 17.5 Å². The molecular weight excluding hydrogens is 376 g/mol. The Morgan fingerprint density at radius 3 is 2.72 bits per heavy atom. The number of ether oxygens (including phenoxy) is 1. The minimum absolute atomic E-state index is 0.0144. The molecule has 2 N–H and O–H groups in total. The molecule has 0 unspecified atom stereocenters. The quantitative estimate of drug-likeness (QED) is 0.363. The van der Waals surface area contributed by atoms with Crippen LogP contribution < -0.4 is 10.1 Å². The second-order valence-corrected chi connectivity index (χ2v) is 6.36. The number of nitrogens with one attached hydrogen (secondary N) is 2. The maximum atomic E-state index is 13.6. The third-order valence-electron chi connectivity index (χ3n) is 4.21. The molecule has 0 amide bonds. The van der Waals surface area contributed by atoms with Crippen LogP contribution in [0.4, 0.5) is 8.78 Å². The van der Waals surface area contributed by atoms with E-state index >= 15 is 0 Å². The molecule has 1 aromatic heterocycles. The summed E-state index contributed by atoms with van der Waals surface area (Å²) in [5, 5.41) is 3.14. The van der Waals surface area contributed by atoms with Gasteiger partial charge in [0, 0.05) is 20.2 Å². The van der Waals surface area contributed by atoms with Crippen LogP contribution in [0.15, 0.2) is 59.7 Å². The summed E-state index contributed by atoms with van der Waals surface area (Å²) in [7, 11) is 3.57. The van der Waals surface area contributed by atoms with Crippen molar-refractivity contribution in [1.29, 1.82) is 0 Å². The molecular formula is C21H23F2N5O. The number of hydrogen-bond acceptors (Lipinski definition) is 3. The first-order chi connectivity index (χ1) is 14.1. The Morgan fingerprint density at radius 1 is 1.21 bits per heavy atom. The van der Waals surface area contributed by atoms with Gasteiger partial charge in [-0.2, -0.15) is 0 Å². The molecule has 0 atom stereocenters. The van der Waals surface area contributed by atoms with Crippen LogP contribution in [0.25, 0.3) is 11.3 Å². The van der Waals surface area contributed by atoms with Crippen LogP contribution in [-0.2, 0) is 6.54 Å². The second kappa shape index (κ2) is 9.68. The van der Waals surface area contributed by atoms with Crippen molar-refractivity contribution in [2.75, 3.05) is 27.2 Å². The van der Waals surface area contributed by atoms with Gasteiger partial charge in [0.05, 0.1) is 25.0 Å². The van der Waals surface area contributed by atoms with E-state index in [9.17, 15) is 8.78 Å². The number of aliphatic imine (C=N–C) groups is 1. The zero-order valence-electron chi connectivity index (χ0n) is 16.3. The summed E-state index contributed by atoms with van der Waals surface area (Å²) in [5.74, 6) is 0.104. The minimum Gasteiger partial charge on any atom is -0.489 e. The Balaban J connectivity index is 1.49. The molecule has 0 aliphatic heterocycles. The first-order valence-electron chi connectivity index (χ1n) is 9.15. The Labute approximate surface area is 168 Å². The van der Waals surface area contributed by atoms with Crippen molar-refractivity contribution in [2.24, 2.45) is 4.99 Å². The number of nitrogens with zero attached hydrogens (tertiary/aromatic N) is 3. The molecule has 2 aromatic carbocycles. The molecule has 1 heterocycles. The lowest BCUT2D eigenvalue weighted by Crippen LogP contribution is -2.40. The number of halogens is 2. The summed E-state index contributed by atoms with van der Waals surface area (Å²) in [6.07, 6.45) is 1.81. The highest BCUT2D eigenvalue weighted by atomic mass is 19.1. The predicted molar refractivity (Wildman–Crippen MR) is 109 cm³/mol. The number of aromatic amines is 1. The third kappa shape index (κ3) is 5.54. The monoisotopic (exact) mass is 399 g/mol. The van der Waals surface area contributed by atoms with Crippen molar-refractivity contribution in [1.82, 2.24) is 20.2 Å². The van der Waals surface area contributed by atoms with Crippen molar-refractivity contribution in [3.05, 3.63) is 72.2 Å². The highest BCUT2D eigenvalue weighted by Gasteiger charge is 2.10. The van der Waals surface area contributed by atoms with Gasteiger partial charge in [-0.1, -0.05) is 30.3 Å². The van der Waals surface area contributed by atoms with E-state index in [0.29, 0.717) is 19.0 Å². The van der Waals surface area contributed by atoms with E-state index in [2.05, 4.69) is 20.3 Å². The van der Waals surface area contributed by atoms with Gasteiger partial charge >= 0.3 is 0 Å². The number of benzene rings is 2. The summed E-state index contributed by atoms with van der Waals surface area (Å²) < 4.78 is 31.8. The Morgan fingerprint density at radius 2 is 2.00 bits per heavy atom. The van der Waals surface area contributed by atoms with Gasteiger partial charge in [-0.25, -0.2) is 13.8 Å². The van der Waals surface area contributed by atoms with Gasteiger partial charge in [-0.3, -0.25) is 4.99 Å². The van der Waals surface area contributed by atoms with Gasteiger partial charge in [-0.05, 0) is 17.7 Å². The van der Waals surface area contributed by atoms with E-state index in [1.165, 1.54) is 6.07 Å². The molecule has 3 rings (SSSR count). The molecule has 0 radical (unpaired) electrons. The van der Waals surface area contributed by atoms with Gasteiger partial charge in [0.25, 0.3) is 0 Å². The van der Waals surface area contributed by atoms with Crippen LogP contribution in [0.1, 0.15) is 5.82 Å². The molecule has 0 spiro atoms. The summed E-state index contributed by atoms with van der Waals surface area (Å²) in [4.78, 5) is 13.9. The summed E-state index contributed by atoms with van der Waals surface area (Å²) >= 11 is 0. The molecule has 0 saturated heterocycles. The minimum atomic E-state index is -0.724. The summed E-state index contributed by atoms with van der Waals surface area (Å²) in [6, 6.07) is 13.2. The van der Waals surface area contributed by atoms with Crippen LogP contribution in [0.2, 0.25) is 0 Å². The summed E-state index contributed by atoms with van der Waals surface area (Å²) in [5.41, 5.74) is 2.02. The van der Waals surface area contributed by atoms with Gasteiger partial charge < -0.3 is 19.9 Å². The molecule has 8 heteroatoms. The van der Waals surface area contributed by atoms with Gasteiger partial charge in [-0.15, -0.1) is 0 Å². The fourth-order valence-electron chi connectivity index (χ4n) is 2.81. The molecule has 0 aliphatic carbocycles. The standard InChI is InChI=1S/C21H23F2N5O/c1-24-21(25-10-11-29-19-9-8-16(22)12-17(19)23)28(2)14-20-26-13-18(27-20)15-6-4-3-5-7-15/h3-9,12-13H,10-11,14H2,1-2H3,(H,24,25)(H,26,27). The van der Waals surface area contributed by atoms with E-state index in [0.717, 1.165) is 29.2 Å². The van der Waals surface area contributed by atoms with Crippen LogP contribution in [0.3, 0.4) is 0 Å². The molecule has 0 fully saturated rings. The Bertz CT molecular complexity index is 959. The normalized spacial score (nSPS) is 11.4. The number of rotatable bonds is 7. The van der Waals surface area contributed by atoms with Crippen molar-refractivity contribution in [2.45, 2.75) is 6.54 Å². The van der Waals surface area contributed by atoms with E-state index in [-0.39, 0.29) is 12.4 Å². The first-order valence-corrected chi connectivity index (χ1v) is 9.15. The number of imidazole rings is 1. The van der Waals surface area contributed by atoms with Crippen LogP contribution in [-0.4, -0.2) is 48.1 Å². The average molecular weight is 399 g/mol. The zero-order chi connectivity index (χ0) is 20.6. The third-order valence-corrected chi connectivity index (χ3v) is 4.21. The highest BCUT2D eigenvalue weighted by Crippen LogP contribution is 2.18. The van der Waals surface area contributed by atoms with E-state index in [1.807, 2.05) is 42.3 Å². The topological polar surface area (TPSA) is 65.5 Å². The number of hydrogen-bond donors (Lipinski definition) is 2. The highest BCUT2D eigenvalue weighted by molar-refractivity contribution is 5.79. The lowest BCUT2D eigenvalue weighted by atomic mass is 10.2. The fourth-order valence-corrected chi connectivity index (χ4v) is 2.81. The molecule has 6 nitrogen and oxygen atoms in total. The Kier molecular flexibility index (Phi) is 6.78. The SMILES string of the molecule is CN=C(NCCOc1ccc(F)cc1F)N(C)Cc1ncc(-c2ccccc2)[nH]1. The second-order valence-electron chi connectivity index (χ2n) is 6.36. The maximum absolute atomic E-state index is 13.6. The maximum Gasteiger partial charge on any atom is 0.193 e. The van der Waals surface area contributed by atoms with Crippen molar-refractivity contribution in [3.63, 3.8) is 0 Å². The molecule has 29 heavy (non-hydrogen) atoms. The van der Waals surface area contributed by atoms with E-state index in [4.69, 9.17) is 4.74 Å². The smallest absolute Gasteiger partial charge is 0.193 e. The van der Waals surface area contributed by atoms with Gasteiger partial charge in [0.1, 0.15) is 18.2 Å². The molecule has 152 valence electrons. The first kappa shape index (κ1) is 20.3.